The van der Waals surface area contributed by atoms with Gasteiger partial charge in [0.25, 0.3) is 0 Å². The highest BCUT2D eigenvalue weighted by Crippen LogP contribution is 2.52. The Balaban J connectivity index is 1.26. The average Bonchev–Trinajstić information content (AvgIpc) is 3.48. The zero-order chi connectivity index (χ0) is 26.0. The van der Waals surface area contributed by atoms with Gasteiger partial charge in [-0.2, -0.15) is 0 Å². The Hall–Kier alpha value is -2.99. The number of hydrogen-bond donors (Lipinski definition) is 1. The van der Waals surface area contributed by atoms with E-state index in [0.29, 0.717) is 11.7 Å². The first-order valence-electron chi connectivity index (χ1n) is 13.6. The third-order valence-corrected chi connectivity index (χ3v) is 8.10. The SMILES string of the molecule is CC1(C)Oc2ccc(C3(C(=O)Nc4ccc5c(c4)cc(C(C)(C)C)n5CC4CCOCC4)CC3)cc2O1. The van der Waals surface area contributed by atoms with E-state index >= 15 is 0 Å². The van der Waals surface area contributed by atoms with Crippen LogP contribution in [0, 0.1) is 5.92 Å². The fourth-order valence-corrected chi connectivity index (χ4v) is 5.90. The second kappa shape index (κ2) is 8.52. The average molecular weight is 503 g/mol. The number of amides is 1. The number of ether oxygens (including phenoxy) is 3. The Morgan fingerprint density at radius 2 is 1.73 bits per heavy atom. The quantitative estimate of drug-likeness (QED) is 0.430. The van der Waals surface area contributed by atoms with E-state index in [4.69, 9.17) is 14.2 Å². The molecule has 2 aromatic carbocycles. The Morgan fingerprint density at radius 3 is 2.43 bits per heavy atom. The molecule has 1 N–H and O–H groups in total. The van der Waals surface area contributed by atoms with Crippen molar-refractivity contribution >= 4 is 22.5 Å². The molecule has 1 aliphatic carbocycles. The molecular formula is C31H38N2O4. The fraction of sp³-hybridized carbons (Fsp3) is 0.516. The minimum Gasteiger partial charge on any atom is -0.449 e. The van der Waals surface area contributed by atoms with E-state index in [1.807, 2.05) is 38.1 Å². The van der Waals surface area contributed by atoms with Crippen molar-refractivity contribution in [2.24, 2.45) is 5.92 Å². The van der Waals surface area contributed by atoms with Crippen LogP contribution in [-0.2, 0) is 26.9 Å². The smallest absolute Gasteiger partial charge is 0.246 e. The normalized spacial score (nSPS) is 20.2. The van der Waals surface area contributed by atoms with Gasteiger partial charge in [-0.15, -0.1) is 0 Å². The van der Waals surface area contributed by atoms with Crippen molar-refractivity contribution in [3.8, 4) is 11.5 Å². The molecule has 6 nitrogen and oxygen atoms in total. The molecule has 0 spiro atoms. The lowest BCUT2D eigenvalue weighted by Gasteiger charge is -2.27. The highest BCUT2D eigenvalue weighted by Gasteiger charge is 2.52. The zero-order valence-corrected chi connectivity index (χ0v) is 22.6. The minimum atomic E-state index is -0.678. The molecule has 2 aliphatic heterocycles. The number of aromatic nitrogens is 1. The molecule has 0 bridgehead atoms. The van der Waals surface area contributed by atoms with Crippen molar-refractivity contribution < 1.29 is 19.0 Å². The van der Waals surface area contributed by atoms with E-state index in [2.05, 4.69) is 48.9 Å². The summed E-state index contributed by atoms with van der Waals surface area (Å²) in [4.78, 5) is 13.6. The van der Waals surface area contributed by atoms with Gasteiger partial charge >= 0.3 is 0 Å². The number of rotatable bonds is 5. The van der Waals surface area contributed by atoms with Gasteiger partial charge < -0.3 is 24.1 Å². The van der Waals surface area contributed by atoms with Crippen molar-refractivity contribution in [1.82, 2.24) is 4.57 Å². The van der Waals surface area contributed by atoms with Crippen molar-refractivity contribution in [3.63, 3.8) is 0 Å². The van der Waals surface area contributed by atoms with Gasteiger partial charge in [0.2, 0.25) is 11.7 Å². The summed E-state index contributed by atoms with van der Waals surface area (Å²) in [5, 5.41) is 4.40. The lowest BCUT2D eigenvalue weighted by molar-refractivity contribution is -0.118. The molecule has 1 saturated heterocycles. The van der Waals surface area contributed by atoms with Crippen LogP contribution in [0.3, 0.4) is 0 Å². The van der Waals surface area contributed by atoms with Crippen molar-refractivity contribution in [3.05, 3.63) is 53.7 Å². The van der Waals surface area contributed by atoms with Crippen molar-refractivity contribution in [1.29, 1.82) is 0 Å². The van der Waals surface area contributed by atoms with E-state index in [1.54, 1.807) is 0 Å². The molecule has 6 rings (SSSR count). The first-order valence-corrected chi connectivity index (χ1v) is 13.6. The molecule has 1 amide bonds. The highest BCUT2D eigenvalue weighted by molar-refractivity contribution is 6.02. The zero-order valence-electron chi connectivity index (χ0n) is 22.6. The predicted molar refractivity (Wildman–Crippen MR) is 145 cm³/mol. The molecule has 196 valence electrons. The molecule has 6 heteroatoms. The van der Waals surface area contributed by atoms with Crippen LogP contribution in [0.15, 0.2) is 42.5 Å². The largest absolute Gasteiger partial charge is 0.449 e. The highest BCUT2D eigenvalue weighted by atomic mass is 16.7. The van der Waals surface area contributed by atoms with Crippen molar-refractivity contribution in [2.75, 3.05) is 18.5 Å². The van der Waals surface area contributed by atoms with Crippen molar-refractivity contribution in [2.45, 2.75) is 83.5 Å². The van der Waals surface area contributed by atoms with E-state index < -0.39 is 11.2 Å². The second-order valence-electron chi connectivity index (χ2n) is 12.5. The van der Waals surface area contributed by atoms with E-state index in [0.717, 1.165) is 62.4 Å². The first-order chi connectivity index (χ1) is 17.5. The summed E-state index contributed by atoms with van der Waals surface area (Å²) >= 11 is 0. The van der Waals surface area contributed by atoms with Gasteiger partial charge in [-0.05, 0) is 73.6 Å². The summed E-state index contributed by atoms with van der Waals surface area (Å²) < 4.78 is 19.9. The third kappa shape index (κ3) is 4.50. The second-order valence-corrected chi connectivity index (χ2v) is 12.5. The summed E-state index contributed by atoms with van der Waals surface area (Å²) in [7, 11) is 0. The molecule has 1 saturated carbocycles. The maximum atomic E-state index is 13.6. The number of carbonyl (C=O) groups is 1. The van der Waals surface area contributed by atoms with Crippen LogP contribution in [0.5, 0.6) is 11.5 Å². The number of fused-ring (bicyclic) bond motifs is 2. The molecule has 37 heavy (non-hydrogen) atoms. The number of hydrogen-bond acceptors (Lipinski definition) is 4. The summed E-state index contributed by atoms with van der Waals surface area (Å²) in [5.74, 6) is 1.44. The van der Waals surface area contributed by atoms with Crippen LogP contribution in [-0.4, -0.2) is 29.5 Å². The van der Waals surface area contributed by atoms with E-state index in [9.17, 15) is 4.79 Å². The van der Waals surface area contributed by atoms with Crippen LogP contribution < -0.4 is 14.8 Å². The molecule has 3 heterocycles. The van der Waals surface area contributed by atoms with Gasteiger partial charge in [0.05, 0.1) is 5.41 Å². The Bertz CT molecular complexity index is 1350. The number of anilines is 1. The summed E-state index contributed by atoms with van der Waals surface area (Å²) in [5.41, 5.74) is 3.91. The summed E-state index contributed by atoms with van der Waals surface area (Å²) in [6, 6.07) is 14.6. The number of nitrogens with zero attached hydrogens (tertiary/aromatic N) is 1. The lowest BCUT2D eigenvalue weighted by Crippen LogP contribution is -2.29. The summed E-state index contributed by atoms with van der Waals surface area (Å²) in [6.07, 6.45) is 3.88. The van der Waals surface area contributed by atoms with Gasteiger partial charge in [-0.1, -0.05) is 26.8 Å². The lowest BCUT2D eigenvalue weighted by atomic mass is 9.91. The Morgan fingerprint density at radius 1 is 1.00 bits per heavy atom. The monoisotopic (exact) mass is 502 g/mol. The van der Waals surface area contributed by atoms with Crippen LogP contribution in [0.1, 0.15) is 71.6 Å². The molecule has 1 aromatic heterocycles. The van der Waals surface area contributed by atoms with Gasteiger partial charge in [0, 0.05) is 61.3 Å². The molecule has 0 radical (unpaired) electrons. The Kier molecular flexibility index (Phi) is 5.61. The number of benzene rings is 2. The molecule has 0 unspecified atom stereocenters. The maximum absolute atomic E-state index is 13.6. The minimum absolute atomic E-state index is 0.0274. The third-order valence-electron chi connectivity index (χ3n) is 8.10. The van der Waals surface area contributed by atoms with Crippen LogP contribution in [0.25, 0.3) is 10.9 Å². The Labute approximate surface area is 219 Å². The van der Waals surface area contributed by atoms with Crippen LogP contribution in [0.2, 0.25) is 0 Å². The van der Waals surface area contributed by atoms with Gasteiger partial charge in [-0.3, -0.25) is 4.79 Å². The van der Waals surface area contributed by atoms with Gasteiger partial charge in [-0.25, -0.2) is 0 Å². The maximum Gasteiger partial charge on any atom is 0.246 e. The van der Waals surface area contributed by atoms with Gasteiger partial charge in [0.15, 0.2) is 11.5 Å². The fourth-order valence-electron chi connectivity index (χ4n) is 5.90. The topological polar surface area (TPSA) is 61.7 Å². The summed E-state index contributed by atoms with van der Waals surface area (Å²) in [6.45, 7) is 13.3. The van der Waals surface area contributed by atoms with E-state index in [-0.39, 0.29) is 11.3 Å². The number of carbonyl (C=O) groups excluding carboxylic acids is 1. The molecule has 3 aliphatic rings. The number of nitrogens with one attached hydrogen (secondary N) is 1. The standard InChI is InChI=1S/C31H38N2O4/c1-29(2,3)27-17-21-16-23(7-8-24(21)33(27)19-20-10-14-35-15-11-20)32-28(34)31(12-13-31)22-6-9-25-26(18-22)37-30(4,5)36-25/h6-9,16-18,20H,10-15,19H2,1-5H3,(H,32,34). The molecule has 2 fully saturated rings. The molecule has 3 aromatic rings. The van der Waals surface area contributed by atoms with E-state index in [1.165, 1.54) is 16.6 Å². The predicted octanol–water partition coefficient (Wildman–Crippen LogP) is 6.54. The van der Waals surface area contributed by atoms with Gasteiger partial charge in [0.1, 0.15) is 0 Å². The molecule has 0 atom stereocenters. The molecular weight excluding hydrogens is 464 g/mol. The van der Waals surface area contributed by atoms with Crippen LogP contribution >= 0.6 is 0 Å². The van der Waals surface area contributed by atoms with Crippen LogP contribution in [0.4, 0.5) is 5.69 Å². The first kappa shape index (κ1) is 24.4.